The van der Waals surface area contributed by atoms with Crippen LogP contribution in [-0.4, -0.2) is 13.4 Å². The summed E-state index contributed by atoms with van der Waals surface area (Å²) < 4.78 is 26.2. The fraction of sp³-hybridized carbons (Fsp3) is 0. The first-order valence-electron chi connectivity index (χ1n) is 4.78. The predicted octanol–water partition coefficient (Wildman–Crippen LogP) is 2.54. The van der Waals surface area contributed by atoms with E-state index in [0.29, 0.717) is 0 Å². The molecule has 0 fully saturated rings. The zero-order valence-corrected chi connectivity index (χ0v) is 10.2. The second kappa shape index (κ2) is 4.73. The van der Waals surface area contributed by atoms with Crippen LogP contribution >= 0.6 is 11.6 Å². The van der Waals surface area contributed by atoms with Crippen molar-refractivity contribution in [3.63, 3.8) is 0 Å². The third-order valence-corrected chi connectivity index (χ3v) is 3.70. The topological polar surface area (TPSA) is 59.1 Å². The van der Waals surface area contributed by atoms with Crippen LogP contribution in [0.15, 0.2) is 53.6 Å². The van der Waals surface area contributed by atoms with Gasteiger partial charge in [-0.1, -0.05) is 29.8 Å². The van der Waals surface area contributed by atoms with E-state index in [-0.39, 0.29) is 15.7 Å². The molecule has 2 aromatic rings. The number of anilines is 1. The molecular formula is C11H9ClN2O2S. The Labute approximate surface area is 104 Å². The third-order valence-electron chi connectivity index (χ3n) is 2.04. The largest absolute Gasteiger partial charge is 0.263 e. The van der Waals surface area contributed by atoms with Crippen LogP contribution in [0.25, 0.3) is 0 Å². The summed E-state index contributed by atoms with van der Waals surface area (Å²) in [5, 5.41) is 0.256. The van der Waals surface area contributed by atoms with Crippen molar-refractivity contribution < 1.29 is 8.42 Å². The second-order valence-corrected chi connectivity index (χ2v) is 5.34. The van der Waals surface area contributed by atoms with Gasteiger partial charge in [0.1, 0.15) is 0 Å². The molecule has 0 aliphatic carbocycles. The van der Waals surface area contributed by atoms with E-state index in [4.69, 9.17) is 11.6 Å². The number of hydrogen-bond acceptors (Lipinski definition) is 3. The lowest BCUT2D eigenvalue weighted by Crippen LogP contribution is -2.13. The molecule has 6 heteroatoms. The van der Waals surface area contributed by atoms with E-state index in [1.54, 1.807) is 30.3 Å². The maximum absolute atomic E-state index is 11.9. The van der Waals surface area contributed by atoms with Gasteiger partial charge in [0.2, 0.25) is 0 Å². The van der Waals surface area contributed by atoms with E-state index in [1.165, 1.54) is 18.3 Å². The number of aromatic nitrogens is 1. The monoisotopic (exact) mass is 268 g/mol. The van der Waals surface area contributed by atoms with Crippen molar-refractivity contribution in [2.24, 2.45) is 0 Å². The average molecular weight is 269 g/mol. The molecule has 0 bridgehead atoms. The molecule has 2 rings (SSSR count). The second-order valence-electron chi connectivity index (χ2n) is 3.25. The lowest BCUT2D eigenvalue weighted by atomic mass is 10.4. The first kappa shape index (κ1) is 11.9. The molecular weight excluding hydrogens is 260 g/mol. The standard InChI is InChI=1S/C11H9ClN2O2S/c12-10-7-4-8-13-11(10)14-17(15,16)9-5-2-1-3-6-9/h1-8H,(H,13,14). The van der Waals surface area contributed by atoms with Gasteiger partial charge < -0.3 is 0 Å². The van der Waals surface area contributed by atoms with Gasteiger partial charge >= 0.3 is 0 Å². The van der Waals surface area contributed by atoms with Gasteiger partial charge in [-0.25, -0.2) is 13.4 Å². The Hall–Kier alpha value is -1.59. The summed E-state index contributed by atoms with van der Waals surface area (Å²) in [5.74, 6) is 0.123. The maximum Gasteiger partial charge on any atom is 0.263 e. The van der Waals surface area contributed by atoms with E-state index < -0.39 is 10.0 Å². The van der Waals surface area contributed by atoms with Gasteiger partial charge in [-0.15, -0.1) is 0 Å². The van der Waals surface area contributed by atoms with Gasteiger partial charge in [0.25, 0.3) is 10.0 Å². The number of benzene rings is 1. The molecule has 0 unspecified atom stereocenters. The highest BCUT2D eigenvalue weighted by Crippen LogP contribution is 2.21. The highest BCUT2D eigenvalue weighted by atomic mass is 35.5. The normalized spacial score (nSPS) is 11.1. The smallest absolute Gasteiger partial charge is 0.262 e. The molecule has 17 heavy (non-hydrogen) atoms. The lowest BCUT2D eigenvalue weighted by Gasteiger charge is -2.07. The van der Waals surface area contributed by atoms with Crippen LogP contribution < -0.4 is 4.72 Å². The molecule has 0 amide bonds. The fourth-order valence-electron chi connectivity index (χ4n) is 1.25. The summed E-state index contributed by atoms with van der Waals surface area (Å²) >= 11 is 5.83. The molecule has 0 saturated heterocycles. The predicted molar refractivity (Wildman–Crippen MR) is 66.5 cm³/mol. The molecule has 0 radical (unpaired) electrons. The van der Waals surface area contributed by atoms with Crippen molar-refractivity contribution in [1.29, 1.82) is 0 Å². The van der Waals surface area contributed by atoms with Crippen LogP contribution in [0.5, 0.6) is 0 Å². The summed E-state index contributed by atoms with van der Waals surface area (Å²) in [7, 11) is -3.63. The van der Waals surface area contributed by atoms with Crippen molar-refractivity contribution in [1.82, 2.24) is 4.98 Å². The third kappa shape index (κ3) is 2.75. The Balaban J connectivity index is 2.34. The van der Waals surface area contributed by atoms with Gasteiger partial charge in [0, 0.05) is 6.20 Å². The highest BCUT2D eigenvalue weighted by Gasteiger charge is 2.15. The van der Waals surface area contributed by atoms with E-state index >= 15 is 0 Å². The Morgan fingerprint density at radius 2 is 1.76 bits per heavy atom. The maximum atomic E-state index is 11.9. The molecule has 4 nitrogen and oxygen atoms in total. The number of nitrogens with one attached hydrogen (secondary N) is 1. The van der Waals surface area contributed by atoms with E-state index in [9.17, 15) is 8.42 Å². The molecule has 1 aromatic carbocycles. The quantitative estimate of drug-likeness (QED) is 0.931. The van der Waals surface area contributed by atoms with Gasteiger partial charge in [-0.3, -0.25) is 4.72 Å². The summed E-state index contributed by atoms with van der Waals surface area (Å²) in [6.07, 6.45) is 1.47. The van der Waals surface area contributed by atoms with E-state index in [1.807, 2.05) is 0 Å². The van der Waals surface area contributed by atoms with Gasteiger partial charge in [-0.2, -0.15) is 0 Å². The Bertz CT molecular complexity index is 614. The number of nitrogens with zero attached hydrogens (tertiary/aromatic N) is 1. The Morgan fingerprint density at radius 3 is 2.41 bits per heavy atom. The molecule has 1 N–H and O–H groups in total. The molecule has 0 spiro atoms. The van der Waals surface area contributed by atoms with Crippen molar-refractivity contribution in [3.8, 4) is 0 Å². The Morgan fingerprint density at radius 1 is 1.06 bits per heavy atom. The Kier molecular flexibility index (Phi) is 3.31. The van der Waals surface area contributed by atoms with Gasteiger partial charge in [-0.05, 0) is 24.3 Å². The van der Waals surface area contributed by atoms with Crippen LogP contribution in [0.2, 0.25) is 5.02 Å². The minimum atomic E-state index is -3.63. The highest BCUT2D eigenvalue weighted by molar-refractivity contribution is 7.92. The summed E-state index contributed by atoms with van der Waals surface area (Å²) in [6, 6.07) is 11.2. The molecule has 0 aliphatic rings. The molecule has 0 atom stereocenters. The number of sulfonamides is 1. The first-order chi connectivity index (χ1) is 8.09. The van der Waals surface area contributed by atoms with Crippen LogP contribution in [-0.2, 0) is 10.0 Å². The summed E-state index contributed by atoms with van der Waals surface area (Å²) in [5.41, 5.74) is 0. The summed E-state index contributed by atoms with van der Waals surface area (Å²) in [4.78, 5) is 4.04. The number of halogens is 1. The van der Waals surface area contributed by atoms with Gasteiger partial charge in [0.05, 0.1) is 9.92 Å². The molecule has 0 aliphatic heterocycles. The molecule has 1 aromatic heterocycles. The zero-order valence-electron chi connectivity index (χ0n) is 8.67. The average Bonchev–Trinajstić information content (AvgIpc) is 2.33. The zero-order chi connectivity index (χ0) is 12.3. The first-order valence-corrected chi connectivity index (χ1v) is 6.64. The van der Waals surface area contributed by atoms with Crippen molar-refractivity contribution in [2.75, 3.05) is 4.72 Å². The lowest BCUT2D eigenvalue weighted by molar-refractivity contribution is 0.601. The van der Waals surface area contributed by atoms with Crippen molar-refractivity contribution in [3.05, 3.63) is 53.7 Å². The van der Waals surface area contributed by atoms with Crippen molar-refractivity contribution in [2.45, 2.75) is 4.90 Å². The molecule has 0 saturated carbocycles. The van der Waals surface area contributed by atoms with E-state index in [2.05, 4.69) is 9.71 Å². The molecule has 1 heterocycles. The fourth-order valence-corrected chi connectivity index (χ4v) is 2.52. The number of hydrogen-bond donors (Lipinski definition) is 1. The van der Waals surface area contributed by atoms with Gasteiger partial charge in [0.15, 0.2) is 5.82 Å². The van der Waals surface area contributed by atoms with Crippen LogP contribution in [0.3, 0.4) is 0 Å². The number of pyridine rings is 1. The van der Waals surface area contributed by atoms with Crippen LogP contribution in [0, 0.1) is 0 Å². The van der Waals surface area contributed by atoms with Crippen molar-refractivity contribution >= 4 is 27.4 Å². The van der Waals surface area contributed by atoms with E-state index in [0.717, 1.165) is 0 Å². The number of rotatable bonds is 3. The minimum absolute atomic E-state index is 0.123. The molecule has 88 valence electrons. The minimum Gasteiger partial charge on any atom is -0.262 e. The van der Waals surface area contributed by atoms with Crippen LogP contribution in [0.1, 0.15) is 0 Å². The van der Waals surface area contributed by atoms with Crippen LogP contribution in [0.4, 0.5) is 5.82 Å². The SMILES string of the molecule is O=S(=O)(Nc1ncccc1Cl)c1ccccc1. The summed E-state index contributed by atoms with van der Waals surface area (Å²) in [6.45, 7) is 0.